The molecule has 1 saturated carbocycles. The minimum Gasteiger partial charge on any atom is -0.489 e. The summed E-state index contributed by atoms with van der Waals surface area (Å²) in [5, 5.41) is 9.24. The Bertz CT molecular complexity index is 341. The zero-order valence-corrected chi connectivity index (χ0v) is 7.66. The van der Waals surface area contributed by atoms with Crippen LogP contribution >= 0.6 is 11.6 Å². The molecular formula is C10H8ClNO. The molecule has 2 rings (SSSR count). The molecule has 13 heavy (non-hydrogen) atoms. The summed E-state index contributed by atoms with van der Waals surface area (Å²) < 4.78 is 5.50. The van der Waals surface area contributed by atoms with Gasteiger partial charge in [0, 0.05) is 11.4 Å². The Morgan fingerprint density at radius 3 is 2.62 bits per heavy atom. The van der Waals surface area contributed by atoms with E-state index < -0.39 is 0 Å². The molecule has 0 saturated heterocycles. The van der Waals surface area contributed by atoms with E-state index in [0.717, 1.165) is 12.2 Å². The summed E-state index contributed by atoms with van der Waals surface area (Å²) in [6, 6.07) is 9.36. The number of rotatable bonds is 2. The van der Waals surface area contributed by atoms with Gasteiger partial charge in [0.2, 0.25) is 0 Å². The zero-order valence-electron chi connectivity index (χ0n) is 6.90. The molecule has 1 aromatic carbocycles. The second kappa shape index (κ2) is 3.27. The fourth-order valence-electron chi connectivity index (χ4n) is 1.13. The Labute approximate surface area is 81.7 Å². The molecule has 0 bridgehead atoms. The number of nitriles is 1. The number of hydrogen-bond donors (Lipinski definition) is 0. The molecule has 0 N–H and O–H groups in total. The molecule has 2 unspecified atom stereocenters. The first-order valence-corrected chi connectivity index (χ1v) is 4.49. The Kier molecular flexibility index (Phi) is 2.12. The van der Waals surface area contributed by atoms with Crippen LogP contribution in [0.3, 0.4) is 0 Å². The van der Waals surface area contributed by atoms with Crippen LogP contribution in [0.1, 0.15) is 6.42 Å². The summed E-state index contributed by atoms with van der Waals surface area (Å²) in [6.07, 6.45) is 0.935. The Morgan fingerprint density at radius 1 is 1.38 bits per heavy atom. The average Bonchev–Trinajstić information content (AvgIpc) is 2.88. The second-order valence-electron chi connectivity index (χ2n) is 3.08. The summed E-state index contributed by atoms with van der Waals surface area (Å²) in [6.45, 7) is 0. The molecule has 0 amide bonds. The Balaban J connectivity index is 1.97. The predicted octanol–water partition coefficient (Wildman–Crippen LogP) is 2.63. The van der Waals surface area contributed by atoms with E-state index in [4.69, 9.17) is 21.6 Å². The lowest BCUT2D eigenvalue weighted by molar-refractivity contribution is 0.294. The molecule has 3 heteroatoms. The van der Waals surface area contributed by atoms with E-state index in [2.05, 4.69) is 6.07 Å². The Hall–Kier alpha value is -1.20. The SMILES string of the molecule is N#CC1CC1Oc1ccc(Cl)cc1. The molecule has 0 aliphatic heterocycles. The van der Waals surface area contributed by atoms with Gasteiger partial charge in [-0.2, -0.15) is 5.26 Å². The number of halogens is 1. The monoisotopic (exact) mass is 193 g/mol. The summed E-state index contributed by atoms with van der Waals surface area (Å²) in [4.78, 5) is 0. The highest BCUT2D eigenvalue weighted by atomic mass is 35.5. The molecular weight excluding hydrogens is 186 g/mol. The fraction of sp³-hybridized carbons (Fsp3) is 0.300. The number of nitrogens with zero attached hydrogens (tertiary/aromatic N) is 1. The van der Waals surface area contributed by atoms with Crippen molar-refractivity contribution < 1.29 is 4.74 Å². The molecule has 66 valence electrons. The van der Waals surface area contributed by atoms with Crippen LogP contribution in [0.25, 0.3) is 0 Å². The first kappa shape index (κ1) is 8.40. The van der Waals surface area contributed by atoms with E-state index in [1.165, 1.54) is 0 Å². The standard InChI is InChI=1S/C10H8ClNO/c11-8-1-3-9(4-2-8)13-10-5-7(10)6-12/h1-4,7,10H,5H2. The van der Waals surface area contributed by atoms with Gasteiger partial charge in [-0.15, -0.1) is 0 Å². The molecule has 1 aliphatic carbocycles. The number of hydrogen-bond acceptors (Lipinski definition) is 2. The van der Waals surface area contributed by atoms with Crippen molar-refractivity contribution in [1.29, 1.82) is 5.26 Å². The maximum Gasteiger partial charge on any atom is 0.119 e. The topological polar surface area (TPSA) is 33.0 Å². The maximum atomic E-state index is 8.55. The third-order valence-electron chi connectivity index (χ3n) is 2.00. The first-order valence-electron chi connectivity index (χ1n) is 4.11. The zero-order chi connectivity index (χ0) is 9.26. The highest BCUT2D eigenvalue weighted by Crippen LogP contribution is 2.34. The Morgan fingerprint density at radius 2 is 2.08 bits per heavy atom. The fourth-order valence-corrected chi connectivity index (χ4v) is 1.25. The van der Waals surface area contributed by atoms with Crippen molar-refractivity contribution in [2.24, 2.45) is 5.92 Å². The predicted molar refractivity (Wildman–Crippen MR) is 49.6 cm³/mol. The van der Waals surface area contributed by atoms with E-state index >= 15 is 0 Å². The van der Waals surface area contributed by atoms with Crippen LogP contribution in [0.2, 0.25) is 5.02 Å². The molecule has 0 heterocycles. The van der Waals surface area contributed by atoms with Gasteiger partial charge in [-0.25, -0.2) is 0 Å². The lowest BCUT2D eigenvalue weighted by Crippen LogP contribution is -1.98. The molecule has 2 nitrogen and oxygen atoms in total. The van der Waals surface area contributed by atoms with Gasteiger partial charge in [0.1, 0.15) is 11.9 Å². The van der Waals surface area contributed by atoms with Crippen molar-refractivity contribution in [2.45, 2.75) is 12.5 Å². The summed E-state index contributed by atoms with van der Waals surface area (Å²) in [5.74, 6) is 0.864. The molecule has 1 fully saturated rings. The third kappa shape index (κ3) is 1.93. The largest absolute Gasteiger partial charge is 0.489 e. The second-order valence-corrected chi connectivity index (χ2v) is 3.52. The lowest BCUT2D eigenvalue weighted by atomic mass is 10.3. The van der Waals surface area contributed by atoms with E-state index in [0.29, 0.717) is 5.02 Å². The van der Waals surface area contributed by atoms with Gasteiger partial charge >= 0.3 is 0 Å². The van der Waals surface area contributed by atoms with Crippen molar-refractivity contribution in [3.63, 3.8) is 0 Å². The normalized spacial score (nSPS) is 24.9. The van der Waals surface area contributed by atoms with E-state index in [1.54, 1.807) is 12.1 Å². The van der Waals surface area contributed by atoms with Crippen LogP contribution in [0, 0.1) is 17.2 Å². The summed E-state index contributed by atoms with van der Waals surface area (Å²) >= 11 is 5.71. The van der Waals surface area contributed by atoms with Gasteiger partial charge in [-0.05, 0) is 24.3 Å². The summed E-state index contributed by atoms with van der Waals surface area (Å²) in [7, 11) is 0. The quantitative estimate of drug-likeness (QED) is 0.724. The van der Waals surface area contributed by atoms with Crippen LogP contribution in [0.4, 0.5) is 0 Å². The van der Waals surface area contributed by atoms with Crippen molar-refractivity contribution in [1.82, 2.24) is 0 Å². The van der Waals surface area contributed by atoms with E-state index in [-0.39, 0.29) is 12.0 Å². The maximum absolute atomic E-state index is 8.55. The van der Waals surface area contributed by atoms with Gasteiger partial charge in [-0.3, -0.25) is 0 Å². The highest BCUT2D eigenvalue weighted by molar-refractivity contribution is 6.30. The van der Waals surface area contributed by atoms with Crippen LogP contribution in [0.5, 0.6) is 5.75 Å². The van der Waals surface area contributed by atoms with Crippen LogP contribution in [0.15, 0.2) is 24.3 Å². The number of benzene rings is 1. The lowest BCUT2D eigenvalue weighted by Gasteiger charge is -2.03. The first-order chi connectivity index (χ1) is 6.29. The highest BCUT2D eigenvalue weighted by Gasteiger charge is 2.39. The van der Waals surface area contributed by atoms with Crippen molar-refractivity contribution in [3.05, 3.63) is 29.3 Å². The minimum absolute atomic E-state index is 0.0793. The van der Waals surface area contributed by atoms with E-state index in [9.17, 15) is 0 Å². The van der Waals surface area contributed by atoms with Gasteiger partial charge in [0.25, 0.3) is 0 Å². The van der Waals surface area contributed by atoms with Crippen LogP contribution in [-0.2, 0) is 0 Å². The smallest absolute Gasteiger partial charge is 0.119 e. The van der Waals surface area contributed by atoms with Gasteiger partial charge in [0.05, 0.1) is 12.0 Å². The number of ether oxygens (including phenoxy) is 1. The van der Waals surface area contributed by atoms with Crippen LogP contribution in [-0.4, -0.2) is 6.10 Å². The minimum atomic E-state index is 0.0793. The summed E-state index contributed by atoms with van der Waals surface area (Å²) in [5.41, 5.74) is 0. The third-order valence-corrected chi connectivity index (χ3v) is 2.25. The average molecular weight is 194 g/mol. The van der Waals surface area contributed by atoms with Gasteiger partial charge in [-0.1, -0.05) is 11.6 Å². The van der Waals surface area contributed by atoms with Crippen molar-refractivity contribution >= 4 is 11.6 Å². The molecule has 1 aliphatic rings. The molecule has 0 radical (unpaired) electrons. The van der Waals surface area contributed by atoms with Crippen LogP contribution < -0.4 is 4.74 Å². The molecule has 0 aromatic heterocycles. The molecule has 1 aromatic rings. The van der Waals surface area contributed by atoms with Gasteiger partial charge < -0.3 is 4.74 Å². The van der Waals surface area contributed by atoms with Crippen molar-refractivity contribution in [2.75, 3.05) is 0 Å². The van der Waals surface area contributed by atoms with Gasteiger partial charge in [0.15, 0.2) is 0 Å². The van der Waals surface area contributed by atoms with E-state index in [1.807, 2.05) is 12.1 Å². The van der Waals surface area contributed by atoms with Crippen molar-refractivity contribution in [3.8, 4) is 11.8 Å². The molecule has 0 spiro atoms. The molecule has 2 atom stereocenters.